The molecule has 1 N–H and O–H groups in total. The highest BCUT2D eigenvalue weighted by atomic mass is 16.5. The number of urea groups is 1. The van der Waals surface area contributed by atoms with Crippen molar-refractivity contribution in [3.63, 3.8) is 0 Å². The van der Waals surface area contributed by atoms with Gasteiger partial charge in [0.15, 0.2) is 0 Å². The Bertz CT molecular complexity index is 404. The van der Waals surface area contributed by atoms with Crippen LogP contribution in [0.25, 0.3) is 0 Å². The third-order valence-corrected chi connectivity index (χ3v) is 6.37. The van der Waals surface area contributed by atoms with E-state index in [2.05, 4.69) is 10.2 Å². The Morgan fingerprint density at radius 1 is 1.00 bits per heavy atom. The maximum Gasteiger partial charge on any atom is 0.317 e. The Hall–Kier alpha value is -0.810. The van der Waals surface area contributed by atoms with E-state index in [-0.39, 0.29) is 6.03 Å². The molecule has 4 fully saturated rings. The fourth-order valence-electron chi connectivity index (χ4n) is 5.10. The lowest BCUT2D eigenvalue weighted by atomic mass is 9.82. The minimum atomic E-state index is 0.148. The van der Waals surface area contributed by atoms with Crippen LogP contribution in [0.15, 0.2) is 0 Å². The van der Waals surface area contributed by atoms with Crippen molar-refractivity contribution >= 4 is 6.03 Å². The van der Waals surface area contributed by atoms with Gasteiger partial charge in [0.25, 0.3) is 0 Å². The number of carbonyl (C=O) groups excluding carboxylic acids is 1. The Morgan fingerprint density at radius 3 is 2.30 bits per heavy atom. The molecule has 0 saturated carbocycles. The smallest absolute Gasteiger partial charge is 0.317 e. The molecule has 130 valence electrons. The number of hydrogen-bond donors (Lipinski definition) is 1. The molecular weight excluding hydrogens is 290 g/mol. The van der Waals surface area contributed by atoms with Crippen LogP contribution in [-0.4, -0.2) is 67.3 Å². The second kappa shape index (κ2) is 6.98. The number of nitrogens with one attached hydrogen (secondary N) is 1. The number of hydrogen-bond acceptors (Lipinski definition) is 3. The highest BCUT2D eigenvalue weighted by molar-refractivity contribution is 5.74. The van der Waals surface area contributed by atoms with Gasteiger partial charge >= 0.3 is 6.03 Å². The number of likely N-dealkylation sites (tertiary alicyclic amines) is 2. The lowest BCUT2D eigenvalue weighted by Crippen LogP contribution is -2.41. The fourth-order valence-corrected chi connectivity index (χ4v) is 5.10. The molecule has 0 aromatic heterocycles. The summed E-state index contributed by atoms with van der Waals surface area (Å²) in [5.41, 5.74) is 0. The third-order valence-electron chi connectivity index (χ3n) is 6.37. The molecule has 4 aliphatic heterocycles. The highest BCUT2D eigenvalue weighted by Crippen LogP contribution is 2.47. The minimum absolute atomic E-state index is 0.148. The van der Waals surface area contributed by atoms with E-state index >= 15 is 0 Å². The Labute approximate surface area is 139 Å². The van der Waals surface area contributed by atoms with E-state index in [1.165, 1.54) is 51.6 Å². The first kappa shape index (κ1) is 15.7. The molecular formula is C18H31N3O2. The summed E-state index contributed by atoms with van der Waals surface area (Å²) in [5.74, 6) is 1.22. The van der Waals surface area contributed by atoms with Gasteiger partial charge in [-0.15, -0.1) is 0 Å². The zero-order valence-corrected chi connectivity index (χ0v) is 14.2. The lowest BCUT2D eigenvalue weighted by molar-refractivity contribution is 0.0739. The average Bonchev–Trinajstić information content (AvgIpc) is 3.21. The Balaban J connectivity index is 1.15. The normalized spacial score (nSPS) is 37.0. The molecule has 0 aromatic carbocycles. The van der Waals surface area contributed by atoms with E-state index < -0.39 is 0 Å². The summed E-state index contributed by atoms with van der Waals surface area (Å²) in [4.78, 5) is 17.0. The zero-order chi connectivity index (χ0) is 15.6. The number of amides is 2. The van der Waals surface area contributed by atoms with Crippen molar-refractivity contribution in [1.82, 2.24) is 15.1 Å². The largest absolute Gasteiger partial charge is 0.374 e. The van der Waals surface area contributed by atoms with E-state index in [4.69, 9.17) is 4.74 Å². The van der Waals surface area contributed by atoms with Crippen LogP contribution < -0.4 is 5.32 Å². The number of ether oxygens (including phenoxy) is 1. The summed E-state index contributed by atoms with van der Waals surface area (Å²) in [5, 5.41) is 3.14. The van der Waals surface area contributed by atoms with E-state index in [9.17, 15) is 4.79 Å². The standard InChI is InChI=1S/C18H31N3O2/c22-18(19-8-5-11-20-9-3-1-2-4-10-20)21-12-14-15(13-21)17-7-6-16(14)23-17/h14-17H,1-13H2,(H,19,22)/t14-,15-,16-,17-/m1/s1. The summed E-state index contributed by atoms with van der Waals surface area (Å²) >= 11 is 0. The van der Waals surface area contributed by atoms with E-state index in [0.717, 1.165) is 32.6 Å². The first-order chi connectivity index (χ1) is 11.3. The predicted octanol–water partition coefficient (Wildman–Crippen LogP) is 2.07. The second-order valence-electron chi connectivity index (χ2n) is 7.86. The van der Waals surface area contributed by atoms with Gasteiger partial charge in [-0.2, -0.15) is 0 Å². The van der Waals surface area contributed by atoms with Gasteiger partial charge in [0.2, 0.25) is 0 Å². The van der Waals surface area contributed by atoms with E-state index in [1.54, 1.807) is 0 Å². The van der Waals surface area contributed by atoms with Crippen molar-refractivity contribution < 1.29 is 9.53 Å². The van der Waals surface area contributed by atoms with Gasteiger partial charge in [0.05, 0.1) is 12.2 Å². The van der Waals surface area contributed by atoms with Crippen LogP contribution in [0.1, 0.15) is 44.9 Å². The average molecular weight is 321 g/mol. The maximum atomic E-state index is 12.4. The quantitative estimate of drug-likeness (QED) is 0.806. The summed E-state index contributed by atoms with van der Waals surface area (Å²) in [6.07, 6.45) is 9.80. The van der Waals surface area contributed by atoms with Gasteiger partial charge in [-0.05, 0) is 51.7 Å². The van der Waals surface area contributed by atoms with Crippen LogP contribution in [0.5, 0.6) is 0 Å². The van der Waals surface area contributed by atoms with Crippen molar-refractivity contribution in [2.45, 2.75) is 57.2 Å². The fraction of sp³-hybridized carbons (Fsp3) is 0.944. The summed E-state index contributed by atoms with van der Waals surface area (Å²) in [6, 6.07) is 0.148. The molecule has 2 bridgehead atoms. The highest BCUT2D eigenvalue weighted by Gasteiger charge is 2.53. The number of nitrogens with zero attached hydrogens (tertiary/aromatic N) is 2. The van der Waals surface area contributed by atoms with Gasteiger partial charge in [0, 0.05) is 31.5 Å². The molecule has 0 aliphatic carbocycles. The van der Waals surface area contributed by atoms with Gasteiger partial charge < -0.3 is 19.9 Å². The molecule has 0 aromatic rings. The molecule has 5 nitrogen and oxygen atoms in total. The molecule has 4 aliphatic rings. The monoisotopic (exact) mass is 321 g/mol. The van der Waals surface area contributed by atoms with Crippen molar-refractivity contribution in [1.29, 1.82) is 0 Å². The molecule has 4 atom stereocenters. The van der Waals surface area contributed by atoms with Gasteiger partial charge in [-0.3, -0.25) is 0 Å². The number of rotatable bonds is 4. The topological polar surface area (TPSA) is 44.8 Å². The first-order valence-electron chi connectivity index (χ1n) is 9.72. The summed E-state index contributed by atoms with van der Waals surface area (Å²) in [6.45, 7) is 6.24. The summed E-state index contributed by atoms with van der Waals surface area (Å²) in [7, 11) is 0. The van der Waals surface area contributed by atoms with E-state index in [1.807, 2.05) is 4.90 Å². The Morgan fingerprint density at radius 2 is 1.65 bits per heavy atom. The van der Waals surface area contributed by atoms with Crippen molar-refractivity contribution in [2.75, 3.05) is 39.3 Å². The zero-order valence-electron chi connectivity index (χ0n) is 14.2. The van der Waals surface area contributed by atoms with Crippen LogP contribution in [0, 0.1) is 11.8 Å². The molecule has 0 radical (unpaired) electrons. The van der Waals surface area contributed by atoms with Crippen LogP contribution in [0.3, 0.4) is 0 Å². The Kier molecular flexibility index (Phi) is 4.76. The molecule has 5 heteroatoms. The molecule has 0 unspecified atom stereocenters. The predicted molar refractivity (Wildman–Crippen MR) is 89.4 cm³/mol. The minimum Gasteiger partial charge on any atom is -0.374 e. The molecule has 2 amide bonds. The SMILES string of the molecule is O=C(NCCCN1CCCCCC1)N1C[C@@H]2[C@@H](C1)[C@H]1CC[C@H]2O1. The summed E-state index contributed by atoms with van der Waals surface area (Å²) < 4.78 is 5.98. The van der Waals surface area contributed by atoms with Crippen molar-refractivity contribution in [2.24, 2.45) is 11.8 Å². The number of carbonyl (C=O) groups is 1. The van der Waals surface area contributed by atoms with Gasteiger partial charge in [-0.1, -0.05) is 12.8 Å². The van der Waals surface area contributed by atoms with Crippen LogP contribution >= 0.6 is 0 Å². The van der Waals surface area contributed by atoms with Crippen LogP contribution in [0.2, 0.25) is 0 Å². The van der Waals surface area contributed by atoms with Crippen LogP contribution in [-0.2, 0) is 4.74 Å². The maximum absolute atomic E-state index is 12.4. The second-order valence-corrected chi connectivity index (χ2v) is 7.86. The molecule has 23 heavy (non-hydrogen) atoms. The third kappa shape index (κ3) is 3.36. The van der Waals surface area contributed by atoms with Crippen LogP contribution in [0.4, 0.5) is 4.79 Å². The lowest BCUT2D eigenvalue weighted by Gasteiger charge is -2.21. The van der Waals surface area contributed by atoms with Crippen molar-refractivity contribution in [3.8, 4) is 0 Å². The van der Waals surface area contributed by atoms with Gasteiger partial charge in [0.1, 0.15) is 0 Å². The molecule has 4 rings (SSSR count). The molecule has 0 spiro atoms. The molecule has 4 saturated heterocycles. The van der Waals surface area contributed by atoms with E-state index in [0.29, 0.717) is 24.0 Å². The van der Waals surface area contributed by atoms with Crippen molar-refractivity contribution in [3.05, 3.63) is 0 Å². The van der Waals surface area contributed by atoms with Gasteiger partial charge in [-0.25, -0.2) is 4.79 Å². The molecule has 4 heterocycles. The first-order valence-corrected chi connectivity index (χ1v) is 9.72. The number of fused-ring (bicyclic) bond motifs is 5.